The van der Waals surface area contributed by atoms with Crippen molar-refractivity contribution in [1.82, 2.24) is 9.80 Å². The summed E-state index contributed by atoms with van der Waals surface area (Å²) >= 11 is 1.74. The van der Waals surface area contributed by atoms with Crippen molar-refractivity contribution in [3.63, 3.8) is 0 Å². The quantitative estimate of drug-likeness (QED) is 0.793. The maximum Gasteiger partial charge on any atom is 0.407 e. The number of nitrogens with two attached hydrogens (primary N) is 1. The van der Waals surface area contributed by atoms with E-state index in [2.05, 4.69) is 69.0 Å². The van der Waals surface area contributed by atoms with Gasteiger partial charge in [0.25, 0.3) is 0 Å². The molecule has 3 N–H and O–H groups in total. The van der Waals surface area contributed by atoms with Gasteiger partial charge in [-0.05, 0) is 41.7 Å². The van der Waals surface area contributed by atoms with Gasteiger partial charge in [0.1, 0.15) is 0 Å². The molecule has 1 fully saturated rings. The molecule has 0 spiro atoms. The molecule has 1 saturated heterocycles. The number of thiophene rings is 1. The van der Waals surface area contributed by atoms with E-state index in [4.69, 9.17) is 5.73 Å². The zero-order valence-electron chi connectivity index (χ0n) is 17.2. The molecule has 0 radical (unpaired) electrons. The molecule has 0 unspecified atom stereocenters. The third kappa shape index (κ3) is 4.09. The number of carbonyl (C=O) groups is 1. The molecule has 0 bridgehead atoms. The third-order valence-electron chi connectivity index (χ3n) is 6.09. The molecule has 28 heavy (non-hydrogen) atoms. The first-order valence-corrected chi connectivity index (χ1v) is 10.6. The van der Waals surface area contributed by atoms with E-state index in [0.717, 1.165) is 19.6 Å². The topological polar surface area (TPSA) is 69.8 Å². The lowest BCUT2D eigenvalue weighted by Gasteiger charge is -2.54. The van der Waals surface area contributed by atoms with Crippen molar-refractivity contribution in [2.24, 2.45) is 11.1 Å². The van der Waals surface area contributed by atoms with Crippen molar-refractivity contribution in [1.29, 1.82) is 0 Å². The van der Waals surface area contributed by atoms with Crippen LogP contribution in [0.15, 0.2) is 36.4 Å². The van der Waals surface area contributed by atoms with Crippen LogP contribution in [-0.2, 0) is 13.1 Å². The van der Waals surface area contributed by atoms with Crippen LogP contribution in [0.2, 0.25) is 0 Å². The van der Waals surface area contributed by atoms with Crippen LogP contribution in [0, 0.1) is 5.41 Å². The highest BCUT2D eigenvalue weighted by Crippen LogP contribution is 2.39. The second kappa shape index (κ2) is 7.85. The Hall–Kier alpha value is -1.89. The summed E-state index contributed by atoms with van der Waals surface area (Å²) in [6.45, 7) is 11.8. The fraction of sp³-hybridized carbons (Fsp3) is 0.500. The van der Waals surface area contributed by atoms with Crippen LogP contribution in [0.5, 0.6) is 0 Å². The lowest BCUT2D eigenvalue weighted by atomic mass is 9.72. The molecule has 2 heterocycles. The summed E-state index contributed by atoms with van der Waals surface area (Å²) in [5.41, 5.74) is 7.63. The second-order valence-electron chi connectivity index (χ2n) is 8.84. The van der Waals surface area contributed by atoms with E-state index in [1.54, 1.807) is 16.2 Å². The molecule has 1 aliphatic heterocycles. The minimum atomic E-state index is -0.826. The van der Waals surface area contributed by atoms with Gasteiger partial charge in [0.05, 0.1) is 5.54 Å². The summed E-state index contributed by atoms with van der Waals surface area (Å²) in [6.07, 6.45) is -0.826. The summed E-state index contributed by atoms with van der Waals surface area (Å²) in [7, 11) is 0. The Morgan fingerprint density at radius 3 is 2.61 bits per heavy atom. The average Bonchev–Trinajstić information content (AvgIpc) is 3.10. The summed E-state index contributed by atoms with van der Waals surface area (Å²) in [4.78, 5) is 18.2. The highest BCUT2D eigenvalue weighted by atomic mass is 32.1. The number of piperazine rings is 1. The van der Waals surface area contributed by atoms with Gasteiger partial charge < -0.3 is 10.8 Å². The highest BCUT2D eigenvalue weighted by molar-refractivity contribution is 7.15. The van der Waals surface area contributed by atoms with Crippen molar-refractivity contribution < 1.29 is 9.90 Å². The van der Waals surface area contributed by atoms with E-state index in [1.165, 1.54) is 20.9 Å². The third-order valence-corrected chi connectivity index (χ3v) is 7.25. The van der Waals surface area contributed by atoms with Gasteiger partial charge in [-0.3, -0.25) is 9.80 Å². The molecular weight excluding hydrogens is 370 g/mol. The van der Waals surface area contributed by atoms with Gasteiger partial charge in [-0.1, -0.05) is 39.0 Å². The molecule has 5 nitrogen and oxygen atoms in total. The highest BCUT2D eigenvalue weighted by Gasteiger charge is 2.48. The fourth-order valence-corrected chi connectivity index (χ4v) is 4.78. The van der Waals surface area contributed by atoms with E-state index in [0.29, 0.717) is 13.1 Å². The van der Waals surface area contributed by atoms with Gasteiger partial charge in [-0.15, -0.1) is 11.3 Å². The molecule has 1 amide bonds. The van der Waals surface area contributed by atoms with E-state index >= 15 is 0 Å². The van der Waals surface area contributed by atoms with Crippen LogP contribution < -0.4 is 5.73 Å². The Kier molecular flexibility index (Phi) is 5.84. The van der Waals surface area contributed by atoms with Crippen LogP contribution in [0.1, 0.15) is 38.1 Å². The number of rotatable bonds is 4. The molecule has 1 aromatic carbocycles. The summed E-state index contributed by atoms with van der Waals surface area (Å²) < 4.78 is 0. The Morgan fingerprint density at radius 2 is 2.00 bits per heavy atom. The first-order valence-electron chi connectivity index (χ1n) is 9.75. The van der Waals surface area contributed by atoms with Crippen LogP contribution in [-0.4, -0.2) is 46.2 Å². The largest absolute Gasteiger partial charge is 0.465 e. The number of hydrogen-bond acceptors (Lipinski definition) is 4. The lowest BCUT2D eigenvalue weighted by molar-refractivity contribution is -0.0461. The molecule has 0 saturated carbocycles. The molecule has 6 heteroatoms. The number of nitrogens with zero attached hydrogens (tertiary/aromatic N) is 2. The zero-order chi connectivity index (χ0) is 20.5. The second-order valence-corrected chi connectivity index (χ2v) is 10.0. The summed E-state index contributed by atoms with van der Waals surface area (Å²) in [5.74, 6) is 0. The van der Waals surface area contributed by atoms with Crippen LogP contribution in [0.25, 0.3) is 10.4 Å². The molecule has 152 valence electrons. The van der Waals surface area contributed by atoms with E-state index in [-0.39, 0.29) is 5.41 Å². The van der Waals surface area contributed by atoms with Crippen molar-refractivity contribution in [3.05, 3.63) is 46.8 Å². The minimum absolute atomic E-state index is 0.151. The van der Waals surface area contributed by atoms with Gasteiger partial charge >= 0.3 is 6.09 Å². The molecule has 3 rings (SSSR count). The number of carboxylic acid groups (broad SMARTS) is 1. The standard InChI is InChI=1S/C22H31N3O2S/c1-21(2,3)22(4)15-24(10-11-25(22)20(26)27)14-16-6-5-7-17(12-16)19-9-8-18(13-23)28-19/h5-9,12H,10-11,13-15,23H2,1-4H3,(H,26,27)/t22-/m1/s1. The number of amides is 1. The summed E-state index contributed by atoms with van der Waals surface area (Å²) in [5, 5.41) is 9.70. The summed E-state index contributed by atoms with van der Waals surface area (Å²) in [6, 6.07) is 12.9. The first kappa shape index (κ1) is 20.8. The van der Waals surface area contributed by atoms with Crippen LogP contribution in [0.4, 0.5) is 4.79 Å². The Balaban J connectivity index is 1.79. The molecular formula is C22H31N3O2S. The number of benzene rings is 1. The number of hydrogen-bond donors (Lipinski definition) is 2. The SMILES string of the molecule is CC(C)(C)[C@@]1(C)CN(Cc2cccc(-c3ccc(CN)s3)c2)CCN1C(=O)O. The maximum atomic E-state index is 11.8. The maximum absolute atomic E-state index is 11.8. The van der Waals surface area contributed by atoms with E-state index in [1.807, 2.05) is 0 Å². The van der Waals surface area contributed by atoms with Gasteiger partial charge in [0.2, 0.25) is 0 Å². The predicted octanol–water partition coefficient (Wildman–Crippen LogP) is 4.47. The zero-order valence-corrected chi connectivity index (χ0v) is 18.1. The van der Waals surface area contributed by atoms with Crippen molar-refractivity contribution in [2.75, 3.05) is 19.6 Å². The predicted molar refractivity (Wildman–Crippen MR) is 116 cm³/mol. The molecule has 2 aromatic rings. The Labute approximate surface area is 171 Å². The van der Waals surface area contributed by atoms with Gasteiger partial charge in [-0.25, -0.2) is 4.79 Å². The van der Waals surface area contributed by atoms with E-state index in [9.17, 15) is 9.90 Å². The average molecular weight is 402 g/mol. The van der Waals surface area contributed by atoms with Gasteiger partial charge in [-0.2, -0.15) is 0 Å². The van der Waals surface area contributed by atoms with Crippen molar-refractivity contribution in [2.45, 2.75) is 46.3 Å². The molecule has 1 aromatic heterocycles. The Morgan fingerprint density at radius 1 is 1.25 bits per heavy atom. The molecule has 1 aliphatic rings. The van der Waals surface area contributed by atoms with Gasteiger partial charge in [0, 0.05) is 42.5 Å². The minimum Gasteiger partial charge on any atom is -0.465 e. The molecule has 1 atom stereocenters. The van der Waals surface area contributed by atoms with Crippen LogP contribution in [0.3, 0.4) is 0 Å². The molecule has 0 aliphatic carbocycles. The van der Waals surface area contributed by atoms with Crippen molar-refractivity contribution >= 4 is 17.4 Å². The Bertz CT molecular complexity index is 842. The van der Waals surface area contributed by atoms with Crippen molar-refractivity contribution in [3.8, 4) is 10.4 Å². The smallest absolute Gasteiger partial charge is 0.407 e. The van der Waals surface area contributed by atoms with Gasteiger partial charge in [0.15, 0.2) is 0 Å². The van der Waals surface area contributed by atoms with Crippen LogP contribution >= 0.6 is 11.3 Å². The monoisotopic (exact) mass is 401 g/mol. The first-order chi connectivity index (χ1) is 13.1. The van der Waals surface area contributed by atoms with E-state index < -0.39 is 11.6 Å². The lowest BCUT2D eigenvalue weighted by Crippen LogP contribution is -2.67. The normalized spacial score (nSPS) is 21.1. The fourth-order valence-electron chi connectivity index (χ4n) is 3.90.